The zero-order valence-electron chi connectivity index (χ0n) is 18.8. The maximum Gasteiger partial charge on any atom is 0.418 e. The number of imide groups is 1. The molecule has 0 unspecified atom stereocenters. The molecule has 7 nitrogen and oxygen atoms in total. The van der Waals surface area contributed by atoms with Crippen LogP contribution in [0, 0.1) is 17.8 Å². The van der Waals surface area contributed by atoms with Gasteiger partial charge in [0.15, 0.2) is 6.61 Å². The third kappa shape index (κ3) is 5.06. The summed E-state index contributed by atoms with van der Waals surface area (Å²) in [4.78, 5) is 51.1. The highest BCUT2D eigenvalue weighted by molar-refractivity contribution is 6.22. The Morgan fingerprint density at radius 3 is 2.34 bits per heavy atom. The molecule has 2 aromatic rings. The third-order valence-electron chi connectivity index (χ3n) is 6.39. The SMILES string of the molecule is C[C@@H]1CC[C@H]2C(=O)N(c3ccc(C(=O)OCC(=O)Nc4ccccc4C(F)(F)F)cc3)C(=O)[C@H]2C1. The van der Waals surface area contributed by atoms with E-state index >= 15 is 0 Å². The van der Waals surface area contributed by atoms with Crippen LogP contribution in [0.4, 0.5) is 24.5 Å². The Balaban J connectivity index is 1.37. The number of fused-ring (bicyclic) bond motifs is 1. The number of nitrogens with zero attached hydrogens (tertiary/aromatic N) is 1. The van der Waals surface area contributed by atoms with E-state index in [0.29, 0.717) is 24.4 Å². The second-order valence-corrected chi connectivity index (χ2v) is 8.86. The van der Waals surface area contributed by atoms with Crippen molar-refractivity contribution in [3.8, 4) is 0 Å². The van der Waals surface area contributed by atoms with Crippen LogP contribution in [0.25, 0.3) is 0 Å². The van der Waals surface area contributed by atoms with Crippen LogP contribution in [0.15, 0.2) is 48.5 Å². The number of halogens is 3. The van der Waals surface area contributed by atoms with Gasteiger partial charge < -0.3 is 10.1 Å². The second-order valence-electron chi connectivity index (χ2n) is 8.86. The second kappa shape index (κ2) is 9.52. The van der Waals surface area contributed by atoms with E-state index in [4.69, 9.17) is 4.74 Å². The largest absolute Gasteiger partial charge is 0.452 e. The lowest BCUT2D eigenvalue weighted by Crippen LogP contribution is -2.30. The first-order chi connectivity index (χ1) is 16.6. The highest BCUT2D eigenvalue weighted by Gasteiger charge is 2.49. The van der Waals surface area contributed by atoms with E-state index in [0.717, 1.165) is 23.5 Å². The van der Waals surface area contributed by atoms with Crippen molar-refractivity contribution in [3.05, 3.63) is 59.7 Å². The predicted molar refractivity (Wildman–Crippen MR) is 119 cm³/mol. The summed E-state index contributed by atoms with van der Waals surface area (Å²) in [6.07, 6.45) is -2.41. The molecule has 0 spiro atoms. The zero-order chi connectivity index (χ0) is 25.3. The summed E-state index contributed by atoms with van der Waals surface area (Å²) in [6.45, 7) is 1.27. The highest BCUT2D eigenvalue weighted by atomic mass is 19.4. The van der Waals surface area contributed by atoms with Gasteiger partial charge in [-0.1, -0.05) is 19.1 Å². The standard InChI is InChI=1S/C25H23F3N2O5/c1-14-6-11-17-18(12-14)23(33)30(22(17)32)16-9-7-15(8-10-16)24(34)35-13-21(31)29-20-5-3-2-4-19(20)25(26,27)28/h2-5,7-10,14,17-18H,6,11-13H2,1H3,(H,29,31)/t14-,17-,18+/m1/s1. The van der Waals surface area contributed by atoms with E-state index in [1.54, 1.807) is 0 Å². The average molecular weight is 488 g/mol. The molecule has 1 heterocycles. The molecule has 184 valence electrons. The summed E-state index contributed by atoms with van der Waals surface area (Å²) in [7, 11) is 0. The van der Waals surface area contributed by atoms with Gasteiger partial charge in [-0.05, 0) is 61.6 Å². The normalized spacial score (nSPS) is 22.1. The van der Waals surface area contributed by atoms with E-state index in [1.807, 2.05) is 0 Å². The number of nitrogens with one attached hydrogen (secondary N) is 1. The van der Waals surface area contributed by atoms with Crippen LogP contribution >= 0.6 is 0 Å². The quantitative estimate of drug-likeness (QED) is 0.497. The molecule has 3 amide bonds. The van der Waals surface area contributed by atoms with E-state index in [-0.39, 0.29) is 29.2 Å². The van der Waals surface area contributed by atoms with Gasteiger partial charge in [0.2, 0.25) is 11.8 Å². The molecule has 2 fully saturated rings. The molecule has 1 N–H and O–H groups in total. The predicted octanol–water partition coefficient (Wildman–Crippen LogP) is 4.43. The van der Waals surface area contributed by atoms with Crippen molar-refractivity contribution in [1.29, 1.82) is 0 Å². The number of amides is 3. The van der Waals surface area contributed by atoms with Crippen molar-refractivity contribution < 1.29 is 37.1 Å². The van der Waals surface area contributed by atoms with Gasteiger partial charge in [0.1, 0.15) is 0 Å². The summed E-state index contributed by atoms with van der Waals surface area (Å²) < 4.78 is 44.1. The van der Waals surface area contributed by atoms with Crippen LogP contribution in [0.1, 0.15) is 42.1 Å². The van der Waals surface area contributed by atoms with Crippen LogP contribution in [0.2, 0.25) is 0 Å². The lowest BCUT2D eigenvalue weighted by Gasteiger charge is -2.25. The molecule has 10 heteroatoms. The maximum absolute atomic E-state index is 13.0. The minimum atomic E-state index is -4.66. The van der Waals surface area contributed by atoms with Gasteiger partial charge >= 0.3 is 12.1 Å². The molecule has 3 atom stereocenters. The number of ether oxygens (including phenoxy) is 1. The molecule has 35 heavy (non-hydrogen) atoms. The van der Waals surface area contributed by atoms with Gasteiger partial charge in [-0.3, -0.25) is 19.3 Å². The van der Waals surface area contributed by atoms with Gasteiger partial charge in [-0.2, -0.15) is 13.2 Å². The number of hydrogen-bond donors (Lipinski definition) is 1. The molecular formula is C25H23F3N2O5. The Kier molecular flexibility index (Phi) is 6.64. The Labute approximate surface area is 199 Å². The number of para-hydroxylation sites is 1. The number of rotatable bonds is 5. The third-order valence-corrected chi connectivity index (χ3v) is 6.39. The van der Waals surface area contributed by atoms with Crippen molar-refractivity contribution in [2.45, 2.75) is 32.4 Å². The first-order valence-electron chi connectivity index (χ1n) is 11.2. The molecule has 1 saturated heterocycles. The number of benzene rings is 2. The average Bonchev–Trinajstić information content (AvgIpc) is 3.06. The maximum atomic E-state index is 13.0. The van der Waals surface area contributed by atoms with Gasteiger partial charge in [0.25, 0.3) is 5.91 Å². The van der Waals surface area contributed by atoms with Gasteiger partial charge in [-0.15, -0.1) is 0 Å². The molecule has 1 aliphatic carbocycles. The first kappa shape index (κ1) is 24.4. The monoisotopic (exact) mass is 488 g/mol. The number of alkyl halides is 3. The van der Waals surface area contributed by atoms with E-state index in [1.165, 1.54) is 36.4 Å². The lowest BCUT2D eigenvalue weighted by molar-refractivity contribution is -0.137. The van der Waals surface area contributed by atoms with Crippen LogP contribution in [0.3, 0.4) is 0 Å². The van der Waals surface area contributed by atoms with Crippen LogP contribution in [-0.2, 0) is 25.3 Å². The van der Waals surface area contributed by atoms with Crippen molar-refractivity contribution in [3.63, 3.8) is 0 Å². The number of hydrogen-bond acceptors (Lipinski definition) is 5. The lowest BCUT2D eigenvalue weighted by atomic mass is 9.76. The summed E-state index contributed by atoms with van der Waals surface area (Å²) in [6, 6.07) is 10.1. The fourth-order valence-electron chi connectivity index (χ4n) is 4.63. The van der Waals surface area contributed by atoms with E-state index < -0.39 is 35.9 Å². The summed E-state index contributed by atoms with van der Waals surface area (Å²) in [5.74, 6) is -2.55. The zero-order valence-corrected chi connectivity index (χ0v) is 18.8. The number of carbonyl (C=O) groups is 4. The smallest absolute Gasteiger partial charge is 0.418 e. The number of anilines is 2. The van der Waals surface area contributed by atoms with Gasteiger partial charge in [-0.25, -0.2) is 4.79 Å². The Bertz CT molecular complexity index is 1160. The topological polar surface area (TPSA) is 92.8 Å². The Morgan fingerprint density at radius 2 is 1.66 bits per heavy atom. The minimum absolute atomic E-state index is 0.0578. The Hall–Kier alpha value is -3.69. The summed E-state index contributed by atoms with van der Waals surface area (Å²) >= 11 is 0. The van der Waals surface area contributed by atoms with E-state index in [9.17, 15) is 32.3 Å². The molecule has 4 rings (SSSR count). The van der Waals surface area contributed by atoms with Gasteiger partial charge in [0.05, 0.1) is 34.3 Å². The first-order valence-corrected chi connectivity index (χ1v) is 11.2. The molecular weight excluding hydrogens is 465 g/mol. The molecule has 0 aromatic heterocycles. The van der Waals surface area contributed by atoms with Gasteiger partial charge in [0, 0.05) is 0 Å². The van der Waals surface area contributed by atoms with Crippen molar-refractivity contribution in [2.75, 3.05) is 16.8 Å². The number of esters is 1. The van der Waals surface area contributed by atoms with Crippen LogP contribution in [0.5, 0.6) is 0 Å². The van der Waals surface area contributed by atoms with Crippen molar-refractivity contribution in [1.82, 2.24) is 0 Å². The van der Waals surface area contributed by atoms with Crippen molar-refractivity contribution in [2.24, 2.45) is 17.8 Å². The van der Waals surface area contributed by atoms with Crippen LogP contribution < -0.4 is 10.2 Å². The molecule has 1 aliphatic heterocycles. The molecule has 1 saturated carbocycles. The fourth-order valence-corrected chi connectivity index (χ4v) is 4.63. The fraction of sp³-hybridized carbons (Fsp3) is 0.360. The Morgan fingerprint density at radius 1 is 1.00 bits per heavy atom. The van der Waals surface area contributed by atoms with Crippen molar-refractivity contribution >= 4 is 35.1 Å². The minimum Gasteiger partial charge on any atom is -0.452 e. The molecule has 0 radical (unpaired) electrons. The molecule has 2 aromatic carbocycles. The van der Waals surface area contributed by atoms with Crippen LogP contribution in [-0.4, -0.2) is 30.3 Å². The molecule has 0 bridgehead atoms. The summed E-state index contributed by atoms with van der Waals surface area (Å²) in [5, 5.41) is 2.09. The van der Waals surface area contributed by atoms with E-state index in [2.05, 4.69) is 12.2 Å². The number of carbonyl (C=O) groups excluding carboxylic acids is 4. The molecule has 2 aliphatic rings. The highest BCUT2D eigenvalue weighted by Crippen LogP contribution is 2.42. The summed E-state index contributed by atoms with van der Waals surface area (Å²) in [5.41, 5.74) is -1.06.